The molecule has 0 aromatic heterocycles. The van der Waals surface area contributed by atoms with Gasteiger partial charge in [0.15, 0.2) is 0 Å². The zero-order valence-electron chi connectivity index (χ0n) is 10.9. The van der Waals surface area contributed by atoms with Gasteiger partial charge in [-0.2, -0.15) is 0 Å². The van der Waals surface area contributed by atoms with Crippen LogP contribution in [0.4, 0.5) is 0 Å². The van der Waals surface area contributed by atoms with Crippen molar-refractivity contribution in [2.45, 2.75) is 58.7 Å². The van der Waals surface area contributed by atoms with Gasteiger partial charge >= 0.3 is 0 Å². The molecular formula is C13H24O3. The molecule has 0 unspecified atom stereocenters. The Balaban J connectivity index is 2.66. The van der Waals surface area contributed by atoms with Gasteiger partial charge in [-0.3, -0.25) is 4.79 Å². The minimum atomic E-state index is -0.270. The molecule has 3 heteroatoms. The van der Waals surface area contributed by atoms with Gasteiger partial charge in [0.2, 0.25) is 0 Å². The van der Waals surface area contributed by atoms with Crippen LogP contribution in [0.15, 0.2) is 0 Å². The van der Waals surface area contributed by atoms with Crippen molar-refractivity contribution in [2.75, 3.05) is 13.2 Å². The molecule has 16 heavy (non-hydrogen) atoms. The van der Waals surface area contributed by atoms with Gasteiger partial charge in [0.05, 0.1) is 11.7 Å². The van der Waals surface area contributed by atoms with Crippen molar-refractivity contribution in [3.8, 4) is 0 Å². The van der Waals surface area contributed by atoms with Gasteiger partial charge in [-0.15, -0.1) is 0 Å². The summed E-state index contributed by atoms with van der Waals surface area (Å²) in [5.41, 5.74) is -0.270. The smallest absolute Gasteiger partial charge is 0.138 e. The first kappa shape index (κ1) is 13.7. The number of hydrogen-bond acceptors (Lipinski definition) is 3. The topological polar surface area (TPSA) is 35.5 Å². The van der Waals surface area contributed by atoms with Gasteiger partial charge in [-0.25, -0.2) is 0 Å². The first-order chi connectivity index (χ1) is 7.45. The molecule has 0 radical (unpaired) electrons. The molecule has 1 aliphatic heterocycles. The number of rotatable bonds is 5. The number of carbonyl (C=O) groups is 1. The maximum atomic E-state index is 11.9. The highest BCUT2D eigenvalue weighted by atomic mass is 16.5. The molecule has 1 fully saturated rings. The Kier molecular flexibility index (Phi) is 4.93. The van der Waals surface area contributed by atoms with Crippen molar-refractivity contribution in [1.82, 2.24) is 0 Å². The minimum Gasteiger partial charge on any atom is -0.381 e. The highest BCUT2D eigenvalue weighted by Gasteiger charge is 2.37. The van der Waals surface area contributed by atoms with E-state index in [1.165, 1.54) is 0 Å². The fraction of sp³-hybridized carbons (Fsp3) is 0.923. The maximum Gasteiger partial charge on any atom is 0.138 e. The molecule has 0 aliphatic carbocycles. The average molecular weight is 228 g/mol. The fourth-order valence-electron chi connectivity index (χ4n) is 2.10. The Hall–Kier alpha value is -0.410. The molecule has 0 N–H and O–H groups in total. The zero-order chi connectivity index (χ0) is 12.2. The second-order valence-electron chi connectivity index (χ2n) is 5.26. The van der Waals surface area contributed by atoms with Crippen LogP contribution in [0.1, 0.15) is 47.0 Å². The first-order valence-electron chi connectivity index (χ1n) is 6.23. The van der Waals surface area contributed by atoms with Gasteiger partial charge in [0, 0.05) is 38.4 Å². The number of carbonyl (C=O) groups excluding carboxylic acids is 1. The quantitative estimate of drug-likeness (QED) is 0.725. The molecule has 1 rings (SSSR count). The van der Waals surface area contributed by atoms with Crippen LogP contribution in [0.2, 0.25) is 0 Å². The van der Waals surface area contributed by atoms with Crippen molar-refractivity contribution < 1.29 is 14.3 Å². The second kappa shape index (κ2) is 5.78. The van der Waals surface area contributed by atoms with E-state index in [0.717, 1.165) is 12.8 Å². The lowest BCUT2D eigenvalue weighted by molar-refractivity contribution is -0.152. The summed E-state index contributed by atoms with van der Waals surface area (Å²) >= 11 is 0. The van der Waals surface area contributed by atoms with E-state index < -0.39 is 0 Å². The zero-order valence-corrected chi connectivity index (χ0v) is 10.9. The van der Waals surface area contributed by atoms with E-state index in [1.54, 1.807) is 0 Å². The molecule has 0 amide bonds. The lowest BCUT2D eigenvalue weighted by Gasteiger charge is -2.38. The lowest BCUT2D eigenvalue weighted by Crippen LogP contribution is -2.43. The van der Waals surface area contributed by atoms with Gasteiger partial charge in [0.1, 0.15) is 5.78 Å². The molecule has 1 heterocycles. The van der Waals surface area contributed by atoms with Crippen molar-refractivity contribution in [1.29, 1.82) is 0 Å². The monoisotopic (exact) mass is 228 g/mol. The maximum absolute atomic E-state index is 11.9. The summed E-state index contributed by atoms with van der Waals surface area (Å²) in [5.74, 6) is 0.387. The first-order valence-corrected chi connectivity index (χ1v) is 6.23. The molecule has 0 bridgehead atoms. The molecule has 1 saturated heterocycles. The summed E-state index contributed by atoms with van der Waals surface area (Å²) in [5, 5.41) is 0. The van der Waals surface area contributed by atoms with Gasteiger partial charge < -0.3 is 9.47 Å². The predicted octanol–water partition coefficient (Wildman–Crippen LogP) is 2.58. The van der Waals surface area contributed by atoms with Gasteiger partial charge in [-0.05, 0) is 13.8 Å². The van der Waals surface area contributed by atoms with Gasteiger partial charge in [-0.1, -0.05) is 13.8 Å². The molecule has 94 valence electrons. The number of hydrogen-bond donors (Lipinski definition) is 0. The highest BCUT2D eigenvalue weighted by Crippen LogP contribution is 2.31. The molecule has 0 aromatic rings. The van der Waals surface area contributed by atoms with E-state index >= 15 is 0 Å². The van der Waals surface area contributed by atoms with Crippen LogP contribution >= 0.6 is 0 Å². The molecular weight excluding hydrogens is 204 g/mol. The van der Waals surface area contributed by atoms with Crippen molar-refractivity contribution >= 4 is 5.78 Å². The predicted molar refractivity (Wildman–Crippen MR) is 63.5 cm³/mol. The Morgan fingerprint density at radius 1 is 1.25 bits per heavy atom. The molecule has 1 aliphatic rings. The summed E-state index contributed by atoms with van der Waals surface area (Å²) in [6.45, 7) is 9.36. The van der Waals surface area contributed by atoms with Crippen LogP contribution in [0.3, 0.4) is 0 Å². The summed E-state index contributed by atoms with van der Waals surface area (Å²) in [4.78, 5) is 11.9. The summed E-state index contributed by atoms with van der Waals surface area (Å²) in [6.07, 6.45) is 2.37. The van der Waals surface area contributed by atoms with E-state index in [-0.39, 0.29) is 17.6 Å². The standard InChI is InChI=1S/C13H24O3/c1-10(2)12(14)9-13(16-11(3)4)5-7-15-8-6-13/h10-11H,5-9H2,1-4H3. The SMILES string of the molecule is CC(C)OC1(CC(=O)C(C)C)CCOCC1. The van der Waals surface area contributed by atoms with Crippen LogP contribution in [-0.4, -0.2) is 30.7 Å². The Morgan fingerprint density at radius 2 is 1.81 bits per heavy atom. The van der Waals surface area contributed by atoms with Crippen LogP contribution < -0.4 is 0 Å². The molecule has 0 atom stereocenters. The van der Waals surface area contributed by atoms with Crippen LogP contribution in [0, 0.1) is 5.92 Å². The number of Topliss-reactive ketones (excluding diaryl/α,β-unsaturated/α-hetero) is 1. The van der Waals surface area contributed by atoms with Crippen molar-refractivity contribution in [3.63, 3.8) is 0 Å². The largest absolute Gasteiger partial charge is 0.381 e. The van der Waals surface area contributed by atoms with Crippen LogP contribution in [-0.2, 0) is 14.3 Å². The molecule has 0 saturated carbocycles. The van der Waals surface area contributed by atoms with E-state index in [9.17, 15) is 4.79 Å². The summed E-state index contributed by atoms with van der Waals surface area (Å²) in [7, 11) is 0. The van der Waals surface area contributed by atoms with Crippen molar-refractivity contribution in [2.24, 2.45) is 5.92 Å². The van der Waals surface area contributed by atoms with E-state index in [2.05, 4.69) is 0 Å². The molecule has 0 spiro atoms. The Morgan fingerprint density at radius 3 is 2.25 bits per heavy atom. The number of ketones is 1. The summed E-state index contributed by atoms with van der Waals surface area (Å²) < 4.78 is 11.4. The molecule has 3 nitrogen and oxygen atoms in total. The Bertz CT molecular complexity index is 227. The summed E-state index contributed by atoms with van der Waals surface area (Å²) in [6, 6.07) is 0. The van der Waals surface area contributed by atoms with Crippen molar-refractivity contribution in [3.05, 3.63) is 0 Å². The van der Waals surface area contributed by atoms with Gasteiger partial charge in [0.25, 0.3) is 0 Å². The average Bonchev–Trinajstić information content (AvgIpc) is 2.17. The highest BCUT2D eigenvalue weighted by molar-refractivity contribution is 5.81. The van der Waals surface area contributed by atoms with E-state index in [0.29, 0.717) is 25.4 Å². The minimum absolute atomic E-state index is 0.0930. The normalized spacial score (nSPS) is 20.4. The third-order valence-electron chi connectivity index (χ3n) is 3.03. The molecule has 0 aromatic carbocycles. The van der Waals surface area contributed by atoms with Crippen LogP contribution in [0.5, 0.6) is 0 Å². The number of ether oxygens (including phenoxy) is 2. The fourth-order valence-corrected chi connectivity index (χ4v) is 2.10. The second-order valence-corrected chi connectivity index (χ2v) is 5.26. The van der Waals surface area contributed by atoms with E-state index in [1.807, 2.05) is 27.7 Å². The third-order valence-corrected chi connectivity index (χ3v) is 3.03. The third kappa shape index (κ3) is 3.87. The van der Waals surface area contributed by atoms with E-state index in [4.69, 9.17) is 9.47 Å². The van der Waals surface area contributed by atoms with Crippen LogP contribution in [0.25, 0.3) is 0 Å². The lowest BCUT2D eigenvalue weighted by atomic mass is 9.85. The Labute approximate surface area is 98.5 Å².